The Hall–Kier alpha value is -2.32. The molecule has 0 radical (unpaired) electrons. The van der Waals surface area contributed by atoms with Crippen LogP contribution in [0.5, 0.6) is 0 Å². The average Bonchev–Trinajstić information content (AvgIpc) is 3.23. The molecule has 3 heterocycles. The van der Waals surface area contributed by atoms with E-state index in [1.54, 1.807) is 34.0 Å². The van der Waals surface area contributed by atoms with Gasteiger partial charge in [-0.2, -0.15) is 0 Å². The van der Waals surface area contributed by atoms with Gasteiger partial charge in [-0.3, -0.25) is 9.59 Å². The highest BCUT2D eigenvalue weighted by molar-refractivity contribution is 7.07. The molecule has 2 saturated heterocycles. The number of hydrogen-bond donors (Lipinski definition) is 1. The monoisotopic (exact) mass is 375 g/mol. The number of carbonyl (C=O) groups excluding carboxylic acids is 2. The van der Waals surface area contributed by atoms with Crippen molar-refractivity contribution in [3.05, 3.63) is 52.2 Å². The first-order valence-corrected chi connectivity index (χ1v) is 9.34. The molecule has 2 aliphatic rings. The second-order valence-electron chi connectivity index (χ2n) is 6.64. The topological polar surface area (TPSA) is 71.5 Å². The normalized spacial score (nSPS) is 26.0. The summed E-state index contributed by atoms with van der Waals surface area (Å²) in [6.07, 6.45) is 0.256. The molecule has 136 valence electrons. The number of benzene rings is 1. The number of aromatic nitrogens is 1. The molecule has 26 heavy (non-hydrogen) atoms. The Labute approximate surface area is 154 Å². The maximum Gasteiger partial charge on any atom is 0.273 e. The zero-order valence-corrected chi connectivity index (χ0v) is 14.8. The molecule has 4 rings (SSSR count). The predicted octanol–water partition coefficient (Wildman–Crippen LogP) is 1.80. The predicted molar refractivity (Wildman–Crippen MR) is 93.5 cm³/mol. The van der Waals surface area contributed by atoms with Gasteiger partial charge in [-0.25, -0.2) is 9.37 Å². The minimum atomic E-state index is -0.846. The highest BCUT2D eigenvalue weighted by Gasteiger charge is 2.51. The average molecular weight is 375 g/mol. The van der Waals surface area contributed by atoms with Crippen molar-refractivity contribution in [2.45, 2.75) is 17.9 Å². The summed E-state index contributed by atoms with van der Waals surface area (Å²) in [5.41, 5.74) is 1.60. The van der Waals surface area contributed by atoms with Gasteiger partial charge in [-0.15, -0.1) is 11.3 Å². The number of rotatable bonds is 2. The Bertz CT molecular complexity index is 829. The van der Waals surface area contributed by atoms with Crippen LogP contribution in [0.1, 0.15) is 28.4 Å². The van der Waals surface area contributed by atoms with E-state index in [1.165, 1.54) is 17.4 Å². The zero-order chi connectivity index (χ0) is 18.1. The van der Waals surface area contributed by atoms with Gasteiger partial charge in [0.2, 0.25) is 5.91 Å². The van der Waals surface area contributed by atoms with Crippen LogP contribution >= 0.6 is 11.3 Å². The van der Waals surface area contributed by atoms with Crippen LogP contribution in [0.2, 0.25) is 0 Å². The summed E-state index contributed by atoms with van der Waals surface area (Å²) >= 11 is 1.34. The van der Waals surface area contributed by atoms with Crippen molar-refractivity contribution >= 4 is 23.2 Å². The molecule has 1 N–H and O–H groups in total. The second-order valence-corrected chi connectivity index (χ2v) is 7.36. The van der Waals surface area contributed by atoms with Crippen LogP contribution < -0.4 is 5.32 Å². The van der Waals surface area contributed by atoms with Crippen LogP contribution in [0.3, 0.4) is 0 Å². The standard InChI is InChI=1S/C18H18FN3O3S/c19-14-4-2-1-3-12(14)13-7-22(17(24)15-8-26-11-20-15)9-18(13)10-25-6-5-16(23)21-18/h1-4,8,11,13H,5-7,9-10H2,(H,21,23)/t13-,18-/m0/s1. The molecule has 0 unspecified atom stereocenters. The van der Waals surface area contributed by atoms with Gasteiger partial charge in [0, 0.05) is 30.8 Å². The Kier molecular flexibility index (Phi) is 4.46. The minimum Gasteiger partial charge on any atom is -0.378 e. The quantitative estimate of drug-likeness (QED) is 0.869. The van der Waals surface area contributed by atoms with Crippen LogP contribution in [0.25, 0.3) is 0 Å². The van der Waals surface area contributed by atoms with Gasteiger partial charge >= 0.3 is 0 Å². The van der Waals surface area contributed by atoms with Crippen molar-refractivity contribution in [2.75, 3.05) is 26.3 Å². The van der Waals surface area contributed by atoms with E-state index in [0.29, 0.717) is 24.4 Å². The van der Waals surface area contributed by atoms with Gasteiger partial charge in [0.15, 0.2) is 0 Å². The Morgan fingerprint density at radius 1 is 1.42 bits per heavy atom. The molecule has 2 atom stereocenters. The molecule has 2 aromatic rings. The van der Waals surface area contributed by atoms with Crippen LogP contribution in [-0.4, -0.2) is 53.5 Å². The van der Waals surface area contributed by atoms with Gasteiger partial charge in [-0.05, 0) is 11.6 Å². The number of likely N-dealkylation sites (tertiary alicyclic amines) is 1. The van der Waals surface area contributed by atoms with E-state index in [2.05, 4.69) is 10.3 Å². The van der Waals surface area contributed by atoms with Crippen molar-refractivity contribution in [1.82, 2.24) is 15.2 Å². The molecule has 1 aromatic heterocycles. The Balaban J connectivity index is 1.72. The highest BCUT2D eigenvalue weighted by Crippen LogP contribution is 2.39. The molecule has 8 heteroatoms. The van der Waals surface area contributed by atoms with Crippen LogP contribution in [0.15, 0.2) is 35.2 Å². The summed E-state index contributed by atoms with van der Waals surface area (Å²) in [5, 5.41) is 4.71. The minimum absolute atomic E-state index is 0.146. The van der Waals surface area contributed by atoms with Crippen molar-refractivity contribution in [1.29, 1.82) is 0 Å². The lowest BCUT2D eigenvalue weighted by atomic mass is 9.82. The van der Waals surface area contributed by atoms with Crippen molar-refractivity contribution < 1.29 is 18.7 Å². The lowest BCUT2D eigenvalue weighted by Crippen LogP contribution is -2.55. The smallest absolute Gasteiger partial charge is 0.273 e. The summed E-state index contributed by atoms with van der Waals surface area (Å²) in [6, 6.07) is 6.49. The van der Waals surface area contributed by atoms with Gasteiger partial charge in [0.25, 0.3) is 5.91 Å². The molecule has 1 spiro atoms. The Morgan fingerprint density at radius 2 is 2.27 bits per heavy atom. The molecular formula is C18H18FN3O3S. The SMILES string of the molecule is O=C1CCOC[C@]2(CN(C(=O)c3cscn3)C[C@H]2c2ccccc2F)N1. The van der Waals surface area contributed by atoms with E-state index in [0.717, 1.165) is 0 Å². The maximum atomic E-state index is 14.5. The summed E-state index contributed by atoms with van der Waals surface area (Å²) in [5.74, 6) is -1.11. The fourth-order valence-corrected chi connectivity index (χ4v) is 4.29. The van der Waals surface area contributed by atoms with E-state index >= 15 is 0 Å². The molecule has 1 aromatic carbocycles. The van der Waals surface area contributed by atoms with Gasteiger partial charge < -0.3 is 15.0 Å². The van der Waals surface area contributed by atoms with E-state index < -0.39 is 11.5 Å². The first kappa shape index (κ1) is 17.1. The lowest BCUT2D eigenvalue weighted by molar-refractivity contribution is -0.122. The number of carbonyl (C=O) groups is 2. The summed E-state index contributed by atoms with van der Waals surface area (Å²) < 4.78 is 20.2. The molecule has 2 fully saturated rings. The molecule has 2 aliphatic heterocycles. The number of halogens is 1. The molecular weight excluding hydrogens is 357 g/mol. The highest BCUT2D eigenvalue weighted by atomic mass is 32.1. The lowest BCUT2D eigenvalue weighted by Gasteiger charge is -2.34. The van der Waals surface area contributed by atoms with Crippen LogP contribution in [0, 0.1) is 5.82 Å². The molecule has 2 amide bonds. The summed E-state index contributed by atoms with van der Waals surface area (Å²) in [7, 11) is 0. The number of nitrogens with zero attached hydrogens (tertiary/aromatic N) is 2. The van der Waals surface area contributed by atoms with Gasteiger partial charge in [-0.1, -0.05) is 18.2 Å². The van der Waals surface area contributed by atoms with E-state index in [4.69, 9.17) is 4.74 Å². The van der Waals surface area contributed by atoms with Gasteiger partial charge in [0.1, 0.15) is 11.5 Å². The summed E-state index contributed by atoms with van der Waals surface area (Å²) in [6.45, 7) is 1.10. The maximum absolute atomic E-state index is 14.5. The third-order valence-corrected chi connectivity index (χ3v) is 5.57. The fourth-order valence-electron chi connectivity index (χ4n) is 3.77. The molecule has 0 saturated carbocycles. The number of thiazole rings is 1. The largest absolute Gasteiger partial charge is 0.378 e. The molecule has 0 aliphatic carbocycles. The van der Waals surface area contributed by atoms with Crippen LogP contribution in [-0.2, 0) is 9.53 Å². The fraction of sp³-hybridized carbons (Fsp3) is 0.389. The second kappa shape index (κ2) is 6.77. The zero-order valence-electron chi connectivity index (χ0n) is 14.0. The van der Waals surface area contributed by atoms with E-state index in [1.807, 2.05) is 0 Å². The number of hydrogen-bond acceptors (Lipinski definition) is 5. The van der Waals surface area contributed by atoms with E-state index in [-0.39, 0.29) is 37.2 Å². The van der Waals surface area contributed by atoms with Crippen molar-refractivity contribution in [3.8, 4) is 0 Å². The third kappa shape index (κ3) is 2.99. The first-order chi connectivity index (χ1) is 12.6. The van der Waals surface area contributed by atoms with Crippen molar-refractivity contribution in [3.63, 3.8) is 0 Å². The van der Waals surface area contributed by atoms with Gasteiger partial charge in [0.05, 0.1) is 24.3 Å². The van der Waals surface area contributed by atoms with E-state index in [9.17, 15) is 14.0 Å². The number of amides is 2. The third-order valence-electron chi connectivity index (χ3n) is 4.98. The Morgan fingerprint density at radius 3 is 3.04 bits per heavy atom. The van der Waals surface area contributed by atoms with Crippen molar-refractivity contribution in [2.24, 2.45) is 0 Å². The van der Waals surface area contributed by atoms with Crippen LogP contribution in [0.4, 0.5) is 4.39 Å². The summed E-state index contributed by atoms with van der Waals surface area (Å²) in [4.78, 5) is 30.7. The molecule has 0 bridgehead atoms. The number of ether oxygens (including phenoxy) is 1. The molecule has 6 nitrogen and oxygen atoms in total. The first-order valence-electron chi connectivity index (χ1n) is 8.40. The number of nitrogens with one attached hydrogen (secondary N) is 1.